The molecule has 2 aromatic carbocycles. The highest BCUT2D eigenvalue weighted by atomic mass is 32.2. The Hall–Kier alpha value is -3.11. The van der Waals surface area contributed by atoms with Crippen LogP contribution in [0.4, 0.5) is 24.5 Å². The molecule has 0 atom stereocenters. The van der Waals surface area contributed by atoms with Crippen LogP contribution < -0.4 is 9.62 Å². The van der Waals surface area contributed by atoms with E-state index in [2.05, 4.69) is 5.32 Å². The molecule has 1 N–H and O–H groups in total. The number of hydrogen-bond acceptors (Lipinski definition) is 5. The molecule has 0 amide bonds. The minimum Gasteiger partial charge on any atom is -0.358 e. The monoisotopic (exact) mass is 450 g/mol. The molecule has 0 saturated carbocycles. The first kappa shape index (κ1) is 20.2. The molecule has 0 radical (unpaired) electrons. The summed E-state index contributed by atoms with van der Waals surface area (Å²) in [5.74, 6) is -2.84. The second-order valence-corrected chi connectivity index (χ2v) is 9.13. The van der Waals surface area contributed by atoms with Gasteiger partial charge in [-0.2, -0.15) is 0 Å². The summed E-state index contributed by atoms with van der Waals surface area (Å²) >= 11 is 1.05. The van der Waals surface area contributed by atoms with Crippen molar-refractivity contribution >= 4 is 38.5 Å². The molecule has 4 rings (SSSR count). The number of hydrogen-bond donors (Lipinski definition) is 1. The summed E-state index contributed by atoms with van der Waals surface area (Å²) in [6.07, 6.45) is 0.844. The van der Waals surface area contributed by atoms with Gasteiger partial charge in [0, 0.05) is 12.3 Å². The number of carbonyl (C=O) groups is 1. The Balaban J connectivity index is 1.77. The van der Waals surface area contributed by atoms with Crippen molar-refractivity contribution in [3.8, 4) is 0 Å². The molecule has 0 fully saturated rings. The Bertz CT molecular complexity index is 1290. The van der Waals surface area contributed by atoms with Crippen LogP contribution in [0.15, 0.2) is 65.0 Å². The number of benzene rings is 2. The average Bonchev–Trinajstić information content (AvgIpc) is 3.17. The third-order valence-electron chi connectivity index (χ3n) is 4.41. The highest BCUT2D eigenvalue weighted by molar-refractivity contribution is 7.97. The van der Waals surface area contributed by atoms with Gasteiger partial charge in [-0.15, -0.1) is 11.3 Å². The molecule has 0 saturated heterocycles. The van der Waals surface area contributed by atoms with Gasteiger partial charge in [0.2, 0.25) is 5.78 Å². The Morgan fingerprint density at radius 3 is 2.57 bits per heavy atom. The molecular weight excluding hydrogens is 437 g/mol. The smallest absolute Gasteiger partial charge is 0.270 e. The molecule has 5 nitrogen and oxygen atoms in total. The first-order valence-electron chi connectivity index (χ1n) is 8.58. The van der Waals surface area contributed by atoms with E-state index in [-0.39, 0.29) is 22.8 Å². The molecule has 0 bridgehead atoms. The zero-order valence-electron chi connectivity index (χ0n) is 15.1. The minimum atomic E-state index is -4.35. The van der Waals surface area contributed by atoms with Gasteiger partial charge in [-0.05, 0) is 41.3 Å². The third-order valence-corrected chi connectivity index (χ3v) is 7.08. The highest BCUT2D eigenvalue weighted by Crippen LogP contribution is 2.39. The predicted molar refractivity (Wildman–Crippen MR) is 108 cm³/mol. The summed E-state index contributed by atoms with van der Waals surface area (Å²) in [6.45, 7) is -0.206. The number of sulfonamides is 1. The number of rotatable bonds is 4. The Morgan fingerprint density at radius 1 is 1.03 bits per heavy atom. The lowest BCUT2D eigenvalue weighted by atomic mass is 10.2. The number of ketones is 1. The van der Waals surface area contributed by atoms with Crippen LogP contribution in [0.3, 0.4) is 0 Å². The lowest BCUT2D eigenvalue weighted by Crippen LogP contribution is -2.38. The lowest BCUT2D eigenvalue weighted by Gasteiger charge is -2.29. The number of anilines is 2. The van der Waals surface area contributed by atoms with Gasteiger partial charge >= 0.3 is 0 Å². The van der Waals surface area contributed by atoms with E-state index in [1.807, 2.05) is 0 Å². The predicted octanol–water partition coefficient (Wildman–Crippen LogP) is 4.65. The topological polar surface area (TPSA) is 66.5 Å². The molecule has 1 aliphatic rings. The SMILES string of the molecule is O=C1/C(=C/Nc2cc(F)ccc2F)S(=O)(=O)N(Cc2cccc(F)c2)c2ccsc21. The first-order chi connectivity index (χ1) is 14.3. The molecule has 3 aromatic rings. The summed E-state index contributed by atoms with van der Waals surface area (Å²) in [7, 11) is -4.35. The fraction of sp³-hybridized carbons (Fsp3) is 0.0500. The van der Waals surface area contributed by atoms with E-state index in [4.69, 9.17) is 0 Å². The van der Waals surface area contributed by atoms with Crippen molar-refractivity contribution in [2.75, 3.05) is 9.62 Å². The van der Waals surface area contributed by atoms with Crippen LogP contribution in [0.1, 0.15) is 15.2 Å². The van der Waals surface area contributed by atoms with Crippen molar-refractivity contribution in [3.63, 3.8) is 0 Å². The van der Waals surface area contributed by atoms with Crippen molar-refractivity contribution in [1.82, 2.24) is 0 Å². The summed E-state index contributed by atoms with van der Waals surface area (Å²) in [5.41, 5.74) is 0.246. The zero-order chi connectivity index (χ0) is 21.5. The average molecular weight is 450 g/mol. The summed E-state index contributed by atoms with van der Waals surface area (Å²) < 4.78 is 68.2. The number of nitrogens with one attached hydrogen (secondary N) is 1. The van der Waals surface area contributed by atoms with Crippen LogP contribution in [0.25, 0.3) is 0 Å². The molecule has 1 aromatic heterocycles. The number of carbonyl (C=O) groups excluding carboxylic acids is 1. The van der Waals surface area contributed by atoms with Gasteiger partial charge in [0.25, 0.3) is 10.0 Å². The van der Waals surface area contributed by atoms with E-state index < -0.39 is 38.2 Å². The molecule has 0 aliphatic carbocycles. The fourth-order valence-corrected chi connectivity index (χ4v) is 5.49. The number of fused-ring (bicyclic) bond motifs is 1. The van der Waals surface area contributed by atoms with E-state index in [9.17, 15) is 26.4 Å². The van der Waals surface area contributed by atoms with E-state index >= 15 is 0 Å². The Kier molecular flexibility index (Phi) is 5.12. The van der Waals surface area contributed by atoms with E-state index in [1.54, 1.807) is 11.4 Å². The van der Waals surface area contributed by atoms with Crippen molar-refractivity contribution in [2.45, 2.75) is 6.54 Å². The van der Waals surface area contributed by atoms with Crippen LogP contribution in [-0.2, 0) is 16.6 Å². The molecule has 10 heteroatoms. The normalized spacial score (nSPS) is 16.6. The Labute approximate surface area is 174 Å². The van der Waals surface area contributed by atoms with Crippen molar-refractivity contribution in [2.24, 2.45) is 0 Å². The van der Waals surface area contributed by atoms with Crippen LogP contribution in [-0.4, -0.2) is 14.2 Å². The van der Waals surface area contributed by atoms with Gasteiger partial charge in [0.05, 0.1) is 17.9 Å². The van der Waals surface area contributed by atoms with Crippen LogP contribution in [0.5, 0.6) is 0 Å². The van der Waals surface area contributed by atoms with Crippen molar-refractivity contribution < 1.29 is 26.4 Å². The second-order valence-electron chi connectivity index (χ2n) is 6.38. The standard InChI is InChI=1S/C20H13F3N2O3S2/c21-13-3-1-2-12(8-13)11-25-17-6-7-29-20(17)19(26)18(30(25,27)28)10-24-16-9-14(22)4-5-15(16)23/h1-10,24H,11H2/b18-10-. The van der Waals surface area contributed by atoms with Crippen LogP contribution >= 0.6 is 11.3 Å². The van der Waals surface area contributed by atoms with Crippen molar-refractivity contribution in [3.05, 3.63) is 92.9 Å². The first-order valence-corrected chi connectivity index (χ1v) is 10.9. The van der Waals surface area contributed by atoms with Gasteiger partial charge < -0.3 is 5.32 Å². The van der Waals surface area contributed by atoms with E-state index in [1.165, 1.54) is 24.3 Å². The number of thiophene rings is 1. The molecule has 0 spiro atoms. The number of halogens is 3. The number of Topliss-reactive ketones (excluding diaryl/α,β-unsaturated/α-hetero) is 1. The van der Waals surface area contributed by atoms with Gasteiger partial charge in [0.1, 0.15) is 22.3 Å². The maximum absolute atomic E-state index is 13.9. The van der Waals surface area contributed by atoms with Crippen LogP contribution in [0, 0.1) is 17.5 Å². The maximum atomic E-state index is 13.9. The summed E-state index contributed by atoms with van der Waals surface area (Å²) in [4.78, 5) is 12.3. The van der Waals surface area contributed by atoms with Crippen LogP contribution in [0.2, 0.25) is 0 Å². The quantitative estimate of drug-likeness (QED) is 0.588. The zero-order valence-corrected chi connectivity index (χ0v) is 16.7. The fourth-order valence-electron chi connectivity index (χ4n) is 3.01. The summed E-state index contributed by atoms with van der Waals surface area (Å²) in [6, 6.07) is 9.56. The third kappa shape index (κ3) is 3.59. The minimum absolute atomic E-state index is 0.175. The Morgan fingerprint density at radius 2 is 1.80 bits per heavy atom. The molecule has 2 heterocycles. The number of nitrogens with zero attached hydrogens (tertiary/aromatic N) is 1. The highest BCUT2D eigenvalue weighted by Gasteiger charge is 2.41. The van der Waals surface area contributed by atoms with E-state index in [0.717, 1.165) is 40.0 Å². The van der Waals surface area contributed by atoms with E-state index in [0.29, 0.717) is 5.56 Å². The molecule has 30 heavy (non-hydrogen) atoms. The molecule has 1 aliphatic heterocycles. The van der Waals surface area contributed by atoms with Gasteiger partial charge in [-0.25, -0.2) is 21.6 Å². The second kappa shape index (κ2) is 7.62. The number of allylic oxidation sites excluding steroid dienone is 1. The van der Waals surface area contributed by atoms with Gasteiger partial charge in [-0.3, -0.25) is 9.10 Å². The lowest BCUT2D eigenvalue weighted by molar-refractivity contribution is 0.104. The summed E-state index contributed by atoms with van der Waals surface area (Å²) in [5, 5.41) is 3.94. The van der Waals surface area contributed by atoms with Gasteiger partial charge in [-0.1, -0.05) is 12.1 Å². The maximum Gasteiger partial charge on any atom is 0.270 e. The largest absolute Gasteiger partial charge is 0.358 e. The van der Waals surface area contributed by atoms with Gasteiger partial charge in [0.15, 0.2) is 4.91 Å². The molecular formula is C20H13F3N2O3S2. The van der Waals surface area contributed by atoms with Crippen molar-refractivity contribution in [1.29, 1.82) is 0 Å². The molecule has 154 valence electrons. The molecule has 0 unspecified atom stereocenters.